The summed E-state index contributed by atoms with van der Waals surface area (Å²) in [7, 11) is 0. The molecule has 0 spiro atoms. The van der Waals surface area contributed by atoms with Gasteiger partial charge in [-0.3, -0.25) is 19.7 Å². The molecule has 4 aliphatic rings. The third-order valence-electron chi connectivity index (χ3n) is 11.2. The SMILES string of the molecule is O=C1CCC(N2Cc3cc(CC4CCN(c5cccc(-c6cnc7ccc(N8CCC[C@@H]8c8cccc(F)c8)nn67)n5)CC4)ccc3C2=O)C(=O)N1. The molecule has 5 aromatic rings. The van der Waals surface area contributed by atoms with Crippen LogP contribution in [-0.2, 0) is 22.6 Å². The lowest BCUT2D eigenvalue weighted by molar-refractivity contribution is -0.136. The van der Waals surface area contributed by atoms with Crippen LogP contribution in [0.15, 0.2) is 79.0 Å². The molecule has 1 N–H and O–H groups in total. The van der Waals surface area contributed by atoms with Crippen molar-refractivity contribution in [2.75, 3.05) is 29.4 Å². The number of hydrogen-bond donors (Lipinski definition) is 1. The van der Waals surface area contributed by atoms with Gasteiger partial charge in [-0.15, -0.1) is 5.10 Å². The molecule has 3 aromatic heterocycles. The predicted octanol–water partition coefficient (Wildman–Crippen LogP) is 5.49. The molecule has 3 saturated heterocycles. The Morgan fingerprint density at radius 2 is 1.69 bits per heavy atom. The number of nitrogens with one attached hydrogen (secondary N) is 1. The molecule has 11 nitrogen and oxygen atoms in total. The van der Waals surface area contributed by atoms with Gasteiger partial charge in [0, 0.05) is 38.2 Å². The van der Waals surface area contributed by atoms with Crippen molar-refractivity contribution in [1.82, 2.24) is 29.8 Å². The molecular formula is C40H39FN8O3. The van der Waals surface area contributed by atoms with E-state index >= 15 is 0 Å². The summed E-state index contributed by atoms with van der Waals surface area (Å²) in [5, 5.41) is 7.40. The highest BCUT2D eigenvalue weighted by atomic mass is 19.1. The van der Waals surface area contributed by atoms with Crippen molar-refractivity contribution in [3.63, 3.8) is 0 Å². The Labute approximate surface area is 300 Å². The van der Waals surface area contributed by atoms with Crippen LogP contribution in [0.3, 0.4) is 0 Å². The minimum Gasteiger partial charge on any atom is -0.357 e. The van der Waals surface area contributed by atoms with Crippen LogP contribution in [-0.4, -0.2) is 67.9 Å². The first-order valence-corrected chi connectivity index (χ1v) is 18.2. The van der Waals surface area contributed by atoms with E-state index in [4.69, 9.17) is 10.1 Å². The second-order valence-electron chi connectivity index (χ2n) is 14.4. The van der Waals surface area contributed by atoms with Gasteiger partial charge in [0.1, 0.15) is 29.2 Å². The first-order chi connectivity index (χ1) is 25.4. The van der Waals surface area contributed by atoms with Crippen LogP contribution in [0.1, 0.15) is 71.6 Å². The van der Waals surface area contributed by atoms with E-state index in [-0.39, 0.29) is 36.0 Å². The smallest absolute Gasteiger partial charge is 0.255 e. The summed E-state index contributed by atoms with van der Waals surface area (Å²) in [5.41, 5.74) is 6.13. The topological polar surface area (TPSA) is 116 Å². The number of aromatic nitrogens is 4. The van der Waals surface area contributed by atoms with E-state index in [0.717, 1.165) is 91.5 Å². The van der Waals surface area contributed by atoms with Crippen molar-refractivity contribution >= 4 is 35.0 Å². The number of anilines is 2. The lowest BCUT2D eigenvalue weighted by Crippen LogP contribution is -2.52. The zero-order chi connectivity index (χ0) is 35.3. The number of halogens is 1. The van der Waals surface area contributed by atoms with Crippen molar-refractivity contribution in [1.29, 1.82) is 0 Å². The monoisotopic (exact) mass is 698 g/mol. The highest BCUT2D eigenvalue weighted by molar-refractivity contribution is 6.05. The molecule has 9 rings (SSSR count). The number of fused-ring (bicyclic) bond motifs is 2. The van der Waals surface area contributed by atoms with Gasteiger partial charge in [-0.05, 0) is 104 Å². The highest BCUT2D eigenvalue weighted by Gasteiger charge is 2.39. The van der Waals surface area contributed by atoms with Gasteiger partial charge in [0.25, 0.3) is 5.91 Å². The van der Waals surface area contributed by atoms with E-state index in [1.165, 1.54) is 11.6 Å². The molecule has 52 heavy (non-hydrogen) atoms. The number of piperidine rings is 2. The maximum Gasteiger partial charge on any atom is 0.255 e. The molecule has 4 aliphatic heterocycles. The third kappa shape index (κ3) is 5.95. The lowest BCUT2D eigenvalue weighted by Gasteiger charge is -2.33. The van der Waals surface area contributed by atoms with Gasteiger partial charge in [-0.1, -0.05) is 30.3 Å². The van der Waals surface area contributed by atoms with Gasteiger partial charge >= 0.3 is 0 Å². The summed E-state index contributed by atoms with van der Waals surface area (Å²) >= 11 is 0. The number of hydrogen-bond acceptors (Lipinski definition) is 8. The number of amides is 3. The third-order valence-corrected chi connectivity index (χ3v) is 11.2. The number of imidazole rings is 1. The first-order valence-electron chi connectivity index (χ1n) is 18.2. The van der Waals surface area contributed by atoms with Gasteiger partial charge in [0.05, 0.1) is 17.9 Å². The minimum atomic E-state index is -0.602. The van der Waals surface area contributed by atoms with E-state index in [1.54, 1.807) is 17.0 Å². The largest absolute Gasteiger partial charge is 0.357 e. The number of benzene rings is 2. The molecule has 3 fully saturated rings. The van der Waals surface area contributed by atoms with E-state index in [9.17, 15) is 18.8 Å². The Kier molecular flexibility index (Phi) is 8.16. The fourth-order valence-electron chi connectivity index (χ4n) is 8.49. The second kappa shape index (κ2) is 13.2. The number of carbonyl (C=O) groups excluding carboxylic acids is 3. The number of carbonyl (C=O) groups is 3. The number of rotatable bonds is 7. The van der Waals surface area contributed by atoms with Crippen molar-refractivity contribution in [3.05, 3.63) is 107 Å². The summed E-state index contributed by atoms with van der Waals surface area (Å²) in [5.74, 6) is 1.24. The van der Waals surface area contributed by atoms with Crippen LogP contribution in [0.5, 0.6) is 0 Å². The first kappa shape index (κ1) is 32.3. The molecule has 3 amide bonds. The average Bonchev–Trinajstić information content (AvgIpc) is 3.89. The van der Waals surface area contributed by atoms with Crippen LogP contribution < -0.4 is 15.1 Å². The molecular weight excluding hydrogens is 659 g/mol. The Bertz CT molecular complexity index is 2210. The van der Waals surface area contributed by atoms with Crippen molar-refractivity contribution in [3.8, 4) is 11.4 Å². The molecule has 1 unspecified atom stereocenters. The molecule has 0 saturated carbocycles. The zero-order valence-electron chi connectivity index (χ0n) is 28.7. The van der Waals surface area contributed by atoms with Crippen molar-refractivity contribution in [2.24, 2.45) is 5.92 Å². The Morgan fingerprint density at radius 1 is 0.827 bits per heavy atom. The molecule has 7 heterocycles. The molecule has 2 aromatic carbocycles. The number of imide groups is 1. The standard InChI is InChI=1S/C40H39FN8O3/c41-29-5-1-4-27(22-29)32-7-3-17-47(32)37-13-12-35-42-23-34(49(35)45-37)31-6-2-8-36(43-31)46-18-15-25(16-19-46)20-26-9-10-30-28(21-26)24-48(40(30)52)33-11-14-38(50)44-39(33)51/h1-2,4-6,8-10,12-13,21-23,25,32-33H,3,7,11,14-20,24H2,(H,44,50,51)/t32-,33?/m1/s1. The summed E-state index contributed by atoms with van der Waals surface area (Å²) in [4.78, 5) is 53.1. The fraction of sp³-hybridized carbons (Fsp3) is 0.350. The van der Waals surface area contributed by atoms with Crippen LogP contribution in [0.4, 0.5) is 16.0 Å². The Morgan fingerprint density at radius 3 is 2.54 bits per heavy atom. The van der Waals surface area contributed by atoms with Gasteiger partial charge in [0.15, 0.2) is 5.65 Å². The predicted molar refractivity (Wildman–Crippen MR) is 193 cm³/mol. The van der Waals surface area contributed by atoms with Crippen LogP contribution in [0, 0.1) is 11.7 Å². The van der Waals surface area contributed by atoms with Crippen LogP contribution in [0.25, 0.3) is 17.0 Å². The Balaban J connectivity index is 0.863. The molecule has 264 valence electrons. The maximum atomic E-state index is 14.1. The maximum absolute atomic E-state index is 14.1. The quantitative estimate of drug-likeness (QED) is 0.222. The van der Waals surface area contributed by atoms with Crippen molar-refractivity contribution < 1.29 is 18.8 Å². The van der Waals surface area contributed by atoms with E-state index in [1.807, 2.05) is 53.2 Å². The highest BCUT2D eigenvalue weighted by Crippen LogP contribution is 2.36. The molecule has 0 aliphatic carbocycles. The molecule has 12 heteroatoms. The normalized spacial score (nSPS) is 20.9. The fourth-order valence-corrected chi connectivity index (χ4v) is 8.49. The molecule has 0 bridgehead atoms. The summed E-state index contributed by atoms with van der Waals surface area (Å²) in [6.45, 7) is 3.02. The van der Waals surface area contributed by atoms with Gasteiger partial charge in [0.2, 0.25) is 11.8 Å². The van der Waals surface area contributed by atoms with Crippen molar-refractivity contribution in [2.45, 2.75) is 63.6 Å². The summed E-state index contributed by atoms with van der Waals surface area (Å²) < 4.78 is 15.9. The summed E-state index contributed by atoms with van der Waals surface area (Å²) in [6, 6.07) is 22.5. The van der Waals surface area contributed by atoms with E-state index < -0.39 is 6.04 Å². The number of pyridine rings is 1. The zero-order valence-corrected chi connectivity index (χ0v) is 28.7. The molecule has 0 radical (unpaired) electrons. The van der Waals surface area contributed by atoms with Crippen LogP contribution in [0.2, 0.25) is 0 Å². The van der Waals surface area contributed by atoms with Gasteiger partial charge in [-0.2, -0.15) is 0 Å². The van der Waals surface area contributed by atoms with Gasteiger partial charge < -0.3 is 14.7 Å². The average molecular weight is 699 g/mol. The van der Waals surface area contributed by atoms with Crippen LogP contribution >= 0.6 is 0 Å². The Hall–Kier alpha value is -5.65. The van der Waals surface area contributed by atoms with E-state index in [0.29, 0.717) is 24.4 Å². The molecule has 2 atom stereocenters. The second-order valence-corrected chi connectivity index (χ2v) is 14.4. The van der Waals surface area contributed by atoms with E-state index in [2.05, 4.69) is 32.2 Å². The number of nitrogens with zero attached hydrogens (tertiary/aromatic N) is 7. The minimum absolute atomic E-state index is 0.0688. The summed E-state index contributed by atoms with van der Waals surface area (Å²) in [6.07, 6.45) is 7.36. The van der Waals surface area contributed by atoms with Gasteiger partial charge in [-0.25, -0.2) is 18.9 Å². The lowest BCUT2D eigenvalue weighted by atomic mass is 9.89.